The third kappa shape index (κ3) is 12.5. The van der Waals surface area contributed by atoms with Crippen LogP contribution in [0.4, 0.5) is 51.2 Å². The molecule has 88 heavy (non-hydrogen) atoms. The zero-order valence-electron chi connectivity index (χ0n) is 51.4. The maximum atomic E-state index is 2.43. The molecule has 12 aromatic carbocycles. The molecule has 0 aromatic heterocycles. The SMILES string of the molecule is Cc1ccc(-c2ccc(N(c3ccc(C4=CCC(C)(C)C=C4)cc3)c3cc(N(c4ccc(-c5ccc(C)cc5)cc4)c4ccc(-c5ccc(C)cc5)cc4)cc(N(c4ccc(-c5ccc(C)cc5)cc4)c4ccc(-c5ccc(C)cc5)cc4)c3)cc2)cc1. The lowest BCUT2D eigenvalue weighted by Gasteiger charge is -2.33. The van der Waals surface area contributed by atoms with Crippen molar-refractivity contribution in [3.63, 3.8) is 0 Å². The third-order valence-electron chi connectivity index (χ3n) is 17.2. The highest BCUT2D eigenvalue weighted by atomic mass is 15.2. The molecule has 0 heterocycles. The highest BCUT2D eigenvalue weighted by Gasteiger charge is 2.24. The van der Waals surface area contributed by atoms with Gasteiger partial charge in [0.05, 0.1) is 17.1 Å². The highest BCUT2D eigenvalue weighted by molar-refractivity contribution is 5.91. The van der Waals surface area contributed by atoms with Crippen molar-refractivity contribution in [1.29, 1.82) is 0 Å². The van der Waals surface area contributed by atoms with Crippen LogP contribution in [0.3, 0.4) is 0 Å². The normalized spacial score (nSPS) is 12.6. The molecule has 428 valence electrons. The van der Waals surface area contributed by atoms with E-state index in [-0.39, 0.29) is 5.41 Å². The molecular formula is C85H73N3. The van der Waals surface area contributed by atoms with Crippen LogP contribution < -0.4 is 14.7 Å². The van der Waals surface area contributed by atoms with Crippen molar-refractivity contribution < 1.29 is 0 Å². The third-order valence-corrected chi connectivity index (χ3v) is 17.2. The van der Waals surface area contributed by atoms with Gasteiger partial charge in [0.2, 0.25) is 0 Å². The van der Waals surface area contributed by atoms with Crippen LogP contribution in [-0.2, 0) is 0 Å². The number of allylic oxidation sites excluding steroid dienone is 4. The van der Waals surface area contributed by atoms with Gasteiger partial charge in [0, 0.05) is 34.1 Å². The molecule has 12 aromatic rings. The van der Waals surface area contributed by atoms with Gasteiger partial charge in [-0.1, -0.05) is 254 Å². The first-order valence-electron chi connectivity index (χ1n) is 30.7. The van der Waals surface area contributed by atoms with Crippen molar-refractivity contribution in [3.8, 4) is 55.6 Å². The van der Waals surface area contributed by atoms with Crippen molar-refractivity contribution in [1.82, 2.24) is 0 Å². The van der Waals surface area contributed by atoms with Gasteiger partial charge in [0.25, 0.3) is 0 Å². The second-order valence-electron chi connectivity index (χ2n) is 24.5. The number of benzene rings is 12. The summed E-state index contributed by atoms with van der Waals surface area (Å²) in [4.78, 5) is 7.28. The van der Waals surface area contributed by atoms with E-state index in [1.165, 1.54) is 66.8 Å². The first-order chi connectivity index (χ1) is 42.8. The molecule has 0 spiro atoms. The van der Waals surface area contributed by atoms with Crippen LogP contribution in [0.2, 0.25) is 0 Å². The smallest absolute Gasteiger partial charge is 0.0503 e. The molecule has 0 atom stereocenters. The molecule has 1 aliphatic carbocycles. The van der Waals surface area contributed by atoms with E-state index in [0.29, 0.717) is 0 Å². The van der Waals surface area contributed by atoms with Gasteiger partial charge in [-0.05, 0) is 204 Å². The van der Waals surface area contributed by atoms with Crippen LogP contribution in [0.1, 0.15) is 53.6 Å². The zero-order chi connectivity index (χ0) is 60.3. The summed E-state index contributed by atoms with van der Waals surface area (Å²) in [5.74, 6) is 0. The minimum Gasteiger partial charge on any atom is -0.310 e. The minimum atomic E-state index is 0.133. The molecule has 0 fully saturated rings. The molecule has 0 saturated carbocycles. The van der Waals surface area contributed by atoms with Crippen molar-refractivity contribution in [2.45, 2.75) is 54.9 Å². The van der Waals surface area contributed by atoms with Crippen molar-refractivity contribution in [2.24, 2.45) is 5.41 Å². The minimum absolute atomic E-state index is 0.133. The van der Waals surface area contributed by atoms with Crippen molar-refractivity contribution in [2.75, 3.05) is 14.7 Å². The fourth-order valence-corrected chi connectivity index (χ4v) is 11.9. The zero-order valence-corrected chi connectivity index (χ0v) is 51.4. The average Bonchev–Trinajstić information content (AvgIpc) is 1.85. The monoisotopic (exact) mass is 1140 g/mol. The summed E-state index contributed by atoms with van der Waals surface area (Å²) in [6, 6.07) is 106. The van der Waals surface area contributed by atoms with Gasteiger partial charge in [-0.25, -0.2) is 0 Å². The molecular weight excluding hydrogens is 1060 g/mol. The van der Waals surface area contributed by atoms with Crippen LogP contribution in [-0.4, -0.2) is 0 Å². The van der Waals surface area contributed by atoms with Gasteiger partial charge in [0.15, 0.2) is 0 Å². The second kappa shape index (κ2) is 24.5. The van der Waals surface area contributed by atoms with E-state index in [1.54, 1.807) is 0 Å². The number of rotatable bonds is 15. The van der Waals surface area contributed by atoms with Gasteiger partial charge in [-0.2, -0.15) is 0 Å². The van der Waals surface area contributed by atoms with Gasteiger partial charge in [-0.3, -0.25) is 0 Å². The predicted octanol–water partition coefficient (Wildman–Crippen LogP) is 24.3. The van der Waals surface area contributed by atoms with Gasteiger partial charge < -0.3 is 14.7 Å². The fourth-order valence-electron chi connectivity index (χ4n) is 11.9. The molecule has 13 rings (SSSR count). The molecule has 3 heteroatoms. The fraction of sp³-hybridized carbons (Fsp3) is 0.106. The maximum Gasteiger partial charge on any atom is 0.0503 e. The average molecular weight is 1140 g/mol. The molecule has 0 amide bonds. The Morgan fingerprint density at radius 2 is 0.409 bits per heavy atom. The van der Waals surface area contributed by atoms with E-state index in [2.05, 4.69) is 367 Å². The van der Waals surface area contributed by atoms with Crippen LogP contribution in [0.5, 0.6) is 0 Å². The van der Waals surface area contributed by atoms with Crippen LogP contribution in [0, 0.1) is 40.0 Å². The highest BCUT2D eigenvalue weighted by Crippen LogP contribution is 2.48. The number of hydrogen-bond donors (Lipinski definition) is 0. The summed E-state index contributed by atoms with van der Waals surface area (Å²) in [5.41, 5.74) is 29.7. The van der Waals surface area contributed by atoms with Crippen LogP contribution >= 0.6 is 0 Å². The Morgan fingerprint density at radius 1 is 0.227 bits per heavy atom. The number of anilines is 9. The Bertz CT molecular complexity index is 4040. The maximum absolute atomic E-state index is 2.43. The first-order valence-corrected chi connectivity index (χ1v) is 30.7. The molecule has 1 aliphatic rings. The molecule has 0 N–H and O–H groups in total. The summed E-state index contributed by atoms with van der Waals surface area (Å²) in [6.45, 7) is 15.3. The molecule has 0 saturated heterocycles. The van der Waals surface area contributed by atoms with E-state index < -0.39 is 0 Å². The lowest BCUT2D eigenvalue weighted by molar-refractivity contribution is 0.485. The van der Waals surface area contributed by atoms with Gasteiger partial charge >= 0.3 is 0 Å². The molecule has 0 bridgehead atoms. The standard InChI is InChI=1S/C85H73N3/c1-59-8-18-64(19-9-59)69-28-40-76(41-29-69)86(77-42-30-70(31-43-77)65-20-10-60(2)11-21-65)82-56-83(87(78-44-32-71(33-45-78)66-22-12-61(3)13-23-66)79-46-34-72(35-47-79)67-24-14-62(4)15-25-67)58-84(57-82)88(80-48-36-73(37-49-80)68-26-16-63(5)17-27-68)81-50-38-74(39-51-81)75-52-54-85(6,7)55-53-75/h8-54,56-58H,55H2,1-7H3. The molecule has 3 nitrogen and oxygen atoms in total. The quantitative estimate of drug-likeness (QED) is 0.101. The lowest BCUT2D eigenvalue weighted by atomic mass is 9.83. The molecule has 0 radical (unpaired) electrons. The Labute approximate surface area is 521 Å². The summed E-state index contributed by atoms with van der Waals surface area (Å²) >= 11 is 0. The Hall–Kier alpha value is -10.5. The number of hydrogen-bond acceptors (Lipinski definition) is 3. The van der Waals surface area contributed by atoms with Crippen LogP contribution in [0.15, 0.2) is 303 Å². The number of nitrogens with zero attached hydrogens (tertiary/aromatic N) is 3. The first kappa shape index (κ1) is 56.6. The summed E-state index contributed by atoms with van der Waals surface area (Å²) in [5, 5.41) is 0. The second-order valence-corrected chi connectivity index (χ2v) is 24.5. The molecule has 0 aliphatic heterocycles. The van der Waals surface area contributed by atoms with Crippen molar-refractivity contribution >= 4 is 56.8 Å². The summed E-state index contributed by atoms with van der Waals surface area (Å²) in [6.07, 6.45) is 8.02. The summed E-state index contributed by atoms with van der Waals surface area (Å²) in [7, 11) is 0. The Kier molecular flexibility index (Phi) is 15.8. The summed E-state index contributed by atoms with van der Waals surface area (Å²) < 4.78 is 0. The largest absolute Gasteiger partial charge is 0.310 e. The van der Waals surface area contributed by atoms with E-state index in [4.69, 9.17) is 0 Å². The van der Waals surface area contributed by atoms with Crippen molar-refractivity contribution in [3.05, 3.63) is 337 Å². The van der Waals surface area contributed by atoms with E-state index in [9.17, 15) is 0 Å². The lowest BCUT2D eigenvalue weighted by Crippen LogP contribution is -2.16. The van der Waals surface area contributed by atoms with E-state index >= 15 is 0 Å². The Balaban J connectivity index is 1.04. The Morgan fingerprint density at radius 3 is 0.591 bits per heavy atom. The molecule has 0 unspecified atom stereocenters. The number of aryl methyl sites for hydroxylation is 5. The topological polar surface area (TPSA) is 9.72 Å². The van der Waals surface area contributed by atoms with Gasteiger partial charge in [0.1, 0.15) is 0 Å². The predicted molar refractivity (Wildman–Crippen MR) is 377 cm³/mol. The van der Waals surface area contributed by atoms with E-state index in [0.717, 1.165) is 85.4 Å². The van der Waals surface area contributed by atoms with Gasteiger partial charge in [-0.15, -0.1) is 0 Å². The van der Waals surface area contributed by atoms with E-state index in [1.807, 2.05) is 0 Å². The van der Waals surface area contributed by atoms with Crippen LogP contribution in [0.25, 0.3) is 61.2 Å².